The minimum Gasteiger partial charge on any atom is -0.462 e. The van der Waals surface area contributed by atoms with E-state index in [1.807, 2.05) is 0 Å². The van der Waals surface area contributed by atoms with E-state index in [9.17, 15) is 9.90 Å². The van der Waals surface area contributed by atoms with E-state index in [0.717, 1.165) is 58.0 Å². The lowest BCUT2D eigenvalue weighted by molar-refractivity contribution is -0.212. The van der Waals surface area contributed by atoms with Crippen LogP contribution in [0.5, 0.6) is 0 Å². The van der Waals surface area contributed by atoms with Gasteiger partial charge in [0.25, 0.3) is 0 Å². The van der Waals surface area contributed by atoms with Crippen LogP contribution in [-0.2, 0) is 14.3 Å². The number of aliphatic hydroxyl groups excluding tert-OH is 1. The van der Waals surface area contributed by atoms with Crippen LogP contribution in [0.3, 0.4) is 0 Å². The van der Waals surface area contributed by atoms with Gasteiger partial charge in [-0.2, -0.15) is 0 Å². The van der Waals surface area contributed by atoms with Crippen molar-refractivity contribution in [1.29, 1.82) is 0 Å². The fraction of sp³-hybridized carbons (Fsp3) is 0.963. The van der Waals surface area contributed by atoms with E-state index in [1.165, 1.54) is 6.42 Å². The fourth-order valence-electron chi connectivity index (χ4n) is 9.25. The SMILES string of the molecule is COCCC[C@@H](C)[C@H]1CC[C@H]2C3C(C[C@H](O)[C@]12C)[C@@]1(C)CC[C@H](N)C[C@H]1C[C@H]3OC(C)=O. The standard InChI is InChI=1S/C27H47NO4/c1-16(7-6-12-31-5)20-8-9-21-25-22(15-24(30)27(20,21)4)26(3)11-10-19(28)13-18(26)14-23(25)32-17(2)29/h16,18-25,30H,6-15,28H2,1-5H3/t16-,18+,19+,20-,21+,22?,23-,24+,25?,26+,27-/m1/s1. The van der Waals surface area contributed by atoms with Gasteiger partial charge in [0.15, 0.2) is 0 Å². The summed E-state index contributed by atoms with van der Waals surface area (Å²) < 4.78 is 11.4. The number of hydrogen-bond donors (Lipinski definition) is 2. The molecule has 4 fully saturated rings. The summed E-state index contributed by atoms with van der Waals surface area (Å²) in [4.78, 5) is 12.1. The molecule has 0 aromatic carbocycles. The molecule has 0 aliphatic heterocycles. The normalized spacial score (nSPS) is 49.0. The van der Waals surface area contributed by atoms with E-state index in [2.05, 4.69) is 20.8 Å². The molecule has 0 bridgehead atoms. The Labute approximate surface area is 195 Å². The summed E-state index contributed by atoms with van der Waals surface area (Å²) >= 11 is 0. The minimum atomic E-state index is -0.282. The fourth-order valence-corrected chi connectivity index (χ4v) is 9.25. The number of nitrogens with two attached hydrogens (primary N) is 1. The van der Waals surface area contributed by atoms with Crippen molar-refractivity contribution in [3.8, 4) is 0 Å². The lowest BCUT2D eigenvalue weighted by Crippen LogP contribution is -2.63. The van der Waals surface area contributed by atoms with Crippen LogP contribution in [0.25, 0.3) is 0 Å². The zero-order valence-electron chi connectivity index (χ0n) is 21.0. The molecule has 0 spiro atoms. The summed E-state index contributed by atoms with van der Waals surface area (Å²) in [5.41, 5.74) is 6.48. The van der Waals surface area contributed by atoms with Crippen LogP contribution in [0.4, 0.5) is 0 Å². The van der Waals surface area contributed by atoms with Gasteiger partial charge >= 0.3 is 5.97 Å². The highest BCUT2D eigenvalue weighted by atomic mass is 16.5. The second-order valence-electron chi connectivity index (χ2n) is 12.3. The summed E-state index contributed by atoms with van der Waals surface area (Å²) in [6.45, 7) is 9.55. The predicted octanol–water partition coefficient (Wildman–Crippen LogP) is 4.55. The predicted molar refractivity (Wildman–Crippen MR) is 126 cm³/mol. The summed E-state index contributed by atoms with van der Waals surface area (Å²) in [6.07, 6.45) is 9.26. The van der Waals surface area contributed by atoms with Crippen molar-refractivity contribution < 1.29 is 19.4 Å². The first-order chi connectivity index (χ1) is 15.1. The van der Waals surface area contributed by atoms with Crippen LogP contribution in [0.15, 0.2) is 0 Å². The van der Waals surface area contributed by atoms with E-state index in [-0.39, 0.29) is 35.0 Å². The van der Waals surface area contributed by atoms with Gasteiger partial charge in [0.2, 0.25) is 0 Å². The third kappa shape index (κ3) is 3.94. The molecule has 4 saturated carbocycles. The summed E-state index contributed by atoms with van der Waals surface area (Å²) in [6, 6.07) is 0.255. The quantitative estimate of drug-likeness (QED) is 0.459. The number of esters is 1. The average molecular weight is 450 g/mol. The van der Waals surface area contributed by atoms with Gasteiger partial charge in [0.1, 0.15) is 6.10 Å². The molecule has 0 heterocycles. The monoisotopic (exact) mass is 449 g/mol. The van der Waals surface area contributed by atoms with Crippen molar-refractivity contribution in [3.63, 3.8) is 0 Å². The Hall–Kier alpha value is -0.650. The molecule has 0 amide bonds. The number of ether oxygens (including phenoxy) is 2. The van der Waals surface area contributed by atoms with Crippen LogP contribution in [0.2, 0.25) is 0 Å². The molecule has 0 aromatic heterocycles. The van der Waals surface area contributed by atoms with Gasteiger partial charge in [-0.25, -0.2) is 0 Å². The molecule has 5 heteroatoms. The van der Waals surface area contributed by atoms with Gasteiger partial charge in [0.05, 0.1) is 6.10 Å². The maximum atomic E-state index is 12.1. The molecule has 5 nitrogen and oxygen atoms in total. The number of rotatable bonds is 6. The van der Waals surface area contributed by atoms with Gasteiger partial charge in [0, 0.05) is 32.6 Å². The first-order valence-corrected chi connectivity index (χ1v) is 13.2. The van der Waals surface area contributed by atoms with Crippen molar-refractivity contribution >= 4 is 5.97 Å². The van der Waals surface area contributed by atoms with Crippen LogP contribution in [-0.4, -0.2) is 43.0 Å². The molecule has 184 valence electrons. The van der Waals surface area contributed by atoms with Crippen molar-refractivity contribution in [2.75, 3.05) is 13.7 Å². The molecule has 11 atom stereocenters. The van der Waals surface area contributed by atoms with E-state index in [1.54, 1.807) is 14.0 Å². The molecule has 0 aromatic rings. The highest BCUT2D eigenvalue weighted by molar-refractivity contribution is 5.66. The largest absolute Gasteiger partial charge is 0.462 e. The van der Waals surface area contributed by atoms with Crippen LogP contribution < -0.4 is 5.73 Å². The second kappa shape index (κ2) is 9.19. The van der Waals surface area contributed by atoms with Gasteiger partial charge in [-0.1, -0.05) is 20.8 Å². The lowest BCUT2D eigenvalue weighted by atomic mass is 9.43. The Morgan fingerprint density at radius 2 is 1.91 bits per heavy atom. The number of carbonyl (C=O) groups excluding carboxylic acids is 1. The molecular weight excluding hydrogens is 402 g/mol. The smallest absolute Gasteiger partial charge is 0.302 e. The van der Waals surface area contributed by atoms with Gasteiger partial charge in [-0.15, -0.1) is 0 Å². The highest BCUT2D eigenvalue weighted by Gasteiger charge is 2.66. The first kappa shape index (κ1) is 24.5. The molecule has 2 unspecified atom stereocenters. The molecule has 32 heavy (non-hydrogen) atoms. The first-order valence-electron chi connectivity index (χ1n) is 13.2. The molecular formula is C27H47NO4. The van der Waals surface area contributed by atoms with Crippen molar-refractivity contribution in [2.24, 2.45) is 52.1 Å². The maximum Gasteiger partial charge on any atom is 0.302 e. The van der Waals surface area contributed by atoms with E-state index in [4.69, 9.17) is 15.2 Å². The Balaban J connectivity index is 1.64. The molecule has 3 N–H and O–H groups in total. The zero-order chi connectivity index (χ0) is 23.3. The van der Waals surface area contributed by atoms with Crippen molar-refractivity contribution in [1.82, 2.24) is 0 Å². The summed E-state index contributed by atoms with van der Waals surface area (Å²) in [7, 11) is 1.77. The Bertz CT molecular complexity index is 685. The van der Waals surface area contributed by atoms with Crippen LogP contribution in [0.1, 0.15) is 85.5 Å². The number of fused-ring (bicyclic) bond motifs is 5. The molecule has 4 aliphatic rings. The van der Waals surface area contributed by atoms with Crippen molar-refractivity contribution in [3.05, 3.63) is 0 Å². The van der Waals surface area contributed by atoms with Gasteiger partial charge < -0.3 is 20.3 Å². The summed E-state index contributed by atoms with van der Waals surface area (Å²) in [5, 5.41) is 11.7. The minimum absolute atomic E-state index is 0.0275. The molecule has 4 aliphatic carbocycles. The lowest BCUT2D eigenvalue weighted by Gasteiger charge is -2.64. The zero-order valence-corrected chi connectivity index (χ0v) is 21.0. The Morgan fingerprint density at radius 3 is 2.59 bits per heavy atom. The van der Waals surface area contributed by atoms with Gasteiger partial charge in [-0.3, -0.25) is 4.79 Å². The Morgan fingerprint density at radius 1 is 1.16 bits per heavy atom. The maximum absolute atomic E-state index is 12.1. The van der Waals surface area contributed by atoms with Crippen molar-refractivity contribution in [2.45, 2.75) is 104 Å². The average Bonchev–Trinajstić information content (AvgIpc) is 3.08. The number of aliphatic hydroxyl groups is 1. The van der Waals surface area contributed by atoms with Crippen LogP contribution in [0, 0.1) is 46.3 Å². The summed E-state index contributed by atoms with van der Waals surface area (Å²) in [5.74, 6) is 2.60. The number of carbonyl (C=O) groups is 1. The number of methoxy groups -OCH3 is 1. The van der Waals surface area contributed by atoms with Gasteiger partial charge in [-0.05, 0) is 98.2 Å². The molecule has 0 radical (unpaired) electrons. The molecule has 4 rings (SSSR count). The second-order valence-corrected chi connectivity index (χ2v) is 12.3. The Kier molecular flexibility index (Phi) is 7.03. The third-order valence-electron chi connectivity index (χ3n) is 10.9. The van der Waals surface area contributed by atoms with Crippen LogP contribution >= 0.6 is 0 Å². The highest BCUT2D eigenvalue weighted by Crippen LogP contribution is 2.68. The number of hydrogen-bond acceptors (Lipinski definition) is 5. The topological polar surface area (TPSA) is 81.8 Å². The van der Waals surface area contributed by atoms with E-state index >= 15 is 0 Å². The van der Waals surface area contributed by atoms with E-state index in [0.29, 0.717) is 35.5 Å². The van der Waals surface area contributed by atoms with E-state index < -0.39 is 0 Å². The third-order valence-corrected chi connectivity index (χ3v) is 10.9. The molecule has 0 saturated heterocycles.